The van der Waals surface area contributed by atoms with Gasteiger partial charge in [0.15, 0.2) is 0 Å². The lowest BCUT2D eigenvalue weighted by Gasteiger charge is -1.98. The van der Waals surface area contributed by atoms with Crippen LogP contribution in [0.1, 0.15) is 6.92 Å². The van der Waals surface area contributed by atoms with Crippen molar-refractivity contribution < 1.29 is 5.11 Å². The Balaban J connectivity index is 2.68. The highest BCUT2D eigenvalue weighted by Gasteiger charge is 1.90. The molecule has 1 atom stereocenters. The second-order valence-electron chi connectivity index (χ2n) is 1.23. The summed E-state index contributed by atoms with van der Waals surface area (Å²) in [5, 5.41) is 8.44. The fourth-order valence-electron chi connectivity index (χ4n) is 0.239. The van der Waals surface area contributed by atoms with Crippen LogP contribution >= 0.6 is 11.8 Å². The molecule has 44 valence electrons. The van der Waals surface area contributed by atoms with E-state index in [1.165, 1.54) is 0 Å². The van der Waals surface area contributed by atoms with Crippen LogP contribution in [0.4, 0.5) is 0 Å². The Bertz CT molecular complexity index is 40.7. The molecule has 1 unspecified atom stereocenters. The van der Waals surface area contributed by atoms with Gasteiger partial charge in [0.25, 0.3) is 0 Å². The second kappa shape index (κ2) is 4.43. The molecule has 0 aromatic rings. The smallest absolute Gasteiger partial charge is 0.111 e. The van der Waals surface area contributed by atoms with E-state index in [2.05, 4.69) is 0 Å². The molecular weight excluding hydrogens is 110 g/mol. The van der Waals surface area contributed by atoms with Gasteiger partial charge in [-0.1, -0.05) is 6.92 Å². The van der Waals surface area contributed by atoms with Crippen LogP contribution in [-0.2, 0) is 0 Å². The summed E-state index contributed by atoms with van der Waals surface area (Å²) in [6, 6.07) is 0. The van der Waals surface area contributed by atoms with E-state index in [1.54, 1.807) is 11.8 Å². The molecule has 0 bridgehead atoms. The summed E-state index contributed by atoms with van der Waals surface area (Å²) in [7, 11) is 0. The Morgan fingerprint density at radius 2 is 2.43 bits per heavy atom. The van der Waals surface area contributed by atoms with Crippen molar-refractivity contribution in [3.05, 3.63) is 0 Å². The average Bonchev–Trinajstić information content (AvgIpc) is 1.61. The lowest BCUT2D eigenvalue weighted by Crippen LogP contribution is -2.21. The van der Waals surface area contributed by atoms with Crippen molar-refractivity contribution in [3.8, 4) is 0 Å². The largest absolute Gasteiger partial charge is 0.378 e. The summed E-state index contributed by atoms with van der Waals surface area (Å²) in [5.41, 5.74) is 5.01. The van der Waals surface area contributed by atoms with Gasteiger partial charge in [-0.15, -0.1) is 0 Å². The van der Waals surface area contributed by atoms with Gasteiger partial charge in [-0.05, 0) is 5.75 Å². The van der Waals surface area contributed by atoms with Gasteiger partial charge in [-0.25, -0.2) is 0 Å². The molecule has 7 heavy (non-hydrogen) atoms. The topological polar surface area (TPSA) is 46.2 Å². The molecule has 0 aliphatic rings. The lowest BCUT2D eigenvalue weighted by atomic mass is 10.7. The third-order valence-corrected chi connectivity index (χ3v) is 1.48. The Hall–Kier alpha value is 0.270. The number of aliphatic hydroxyl groups excluding tert-OH is 1. The minimum Gasteiger partial charge on any atom is -0.378 e. The van der Waals surface area contributed by atoms with Crippen LogP contribution in [0.5, 0.6) is 0 Å². The molecular formula is C4H11NOS. The summed E-state index contributed by atoms with van der Waals surface area (Å²) in [6.07, 6.45) is -0.634. The fraction of sp³-hybridized carbons (Fsp3) is 1.00. The predicted molar refractivity (Wildman–Crippen MR) is 33.2 cm³/mol. The molecule has 3 heteroatoms. The van der Waals surface area contributed by atoms with E-state index in [0.29, 0.717) is 5.75 Å². The van der Waals surface area contributed by atoms with Gasteiger partial charge in [-0.3, -0.25) is 0 Å². The third kappa shape index (κ3) is 6.27. The van der Waals surface area contributed by atoms with Crippen LogP contribution in [0.3, 0.4) is 0 Å². The normalized spacial score (nSPS) is 14.1. The van der Waals surface area contributed by atoms with E-state index in [9.17, 15) is 0 Å². The molecule has 0 rings (SSSR count). The Morgan fingerprint density at radius 1 is 1.86 bits per heavy atom. The minimum absolute atomic E-state index is 0.634. The first-order valence-electron chi connectivity index (χ1n) is 2.28. The summed E-state index contributed by atoms with van der Waals surface area (Å²) < 4.78 is 0. The van der Waals surface area contributed by atoms with E-state index in [0.717, 1.165) is 5.75 Å². The zero-order chi connectivity index (χ0) is 5.70. The maximum atomic E-state index is 8.44. The summed E-state index contributed by atoms with van der Waals surface area (Å²) in [6.45, 7) is 2.03. The summed E-state index contributed by atoms with van der Waals surface area (Å²) in [4.78, 5) is 0. The van der Waals surface area contributed by atoms with Crippen molar-refractivity contribution >= 4 is 11.8 Å². The van der Waals surface area contributed by atoms with Gasteiger partial charge in [-0.2, -0.15) is 11.8 Å². The van der Waals surface area contributed by atoms with Crippen molar-refractivity contribution in [2.75, 3.05) is 11.5 Å². The monoisotopic (exact) mass is 121 g/mol. The van der Waals surface area contributed by atoms with E-state index in [1.807, 2.05) is 6.92 Å². The molecule has 0 aliphatic carbocycles. The number of nitrogens with two attached hydrogens (primary N) is 1. The quantitative estimate of drug-likeness (QED) is 0.517. The van der Waals surface area contributed by atoms with Crippen molar-refractivity contribution in [1.82, 2.24) is 0 Å². The number of aliphatic hydroxyl groups is 1. The minimum atomic E-state index is -0.634. The van der Waals surface area contributed by atoms with Crippen molar-refractivity contribution in [1.29, 1.82) is 0 Å². The first-order valence-corrected chi connectivity index (χ1v) is 3.44. The fourth-order valence-corrected chi connectivity index (χ4v) is 0.716. The summed E-state index contributed by atoms with van der Waals surface area (Å²) >= 11 is 1.64. The van der Waals surface area contributed by atoms with Gasteiger partial charge in [0.05, 0.1) is 0 Å². The first-order chi connectivity index (χ1) is 3.27. The van der Waals surface area contributed by atoms with Gasteiger partial charge in [0.1, 0.15) is 6.23 Å². The highest BCUT2D eigenvalue weighted by atomic mass is 32.2. The SMILES string of the molecule is CCSCC(N)O. The maximum Gasteiger partial charge on any atom is 0.111 e. The van der Waals surface area contributed by atoms with Crippen LogP contribution in [0.15, 0.2) is 0 Å². The molecule has 0 aromatic carbocycles. The van der Waals surface area contributed by atoms with E-state index in [-0.39, 0.29) is 0 Å². The predicted octanol–water partition coefficient (Wildman–Crippen LogP) is 0.0166. The highest BCUT2D eigenvalue weighted by molar-refractivity contribution is 7.99. The molecule has 2 nitrogen and oxygen atoms in total. The molecule has 0 saturated carbocycles. The molecule has 0 spiro atoms. The van der Waals surface area contributed by atoms with Crippen molar-refractivity contribution in [2.24, 2.45) is 5.73 Å². The molecule has 3 N–H and O–H groups in total. The van der Waals surface area contributed by atoms with Gasteiger partial charge < -0.3 is 10.8 Å². The molecule has 0 amide bonds. The maximum absolute atomic E-state index is 8.44. The Labute approximate surface area is 48.1 Å². The van der Waals surface area contributed by atoms with Crippen LogP contribution in [0, 0.1) is 0 Å². The zero-order valence-corrected chi connectivity index (χ0v) is 5.24. The average molecular weight is 121 g/mol. The lowest BCUT2D eigenvalue weighted by molar-refractivity contribution is 0.208. The summed E-state index contributed by atoms with van der Waals surface area (Å²) in [5.74, 6) is 1.67. The number of hydrogen-bond donors (Lipinski definition) is 2. The first kappa shape index (κ1) is 7.27. The second-order valence-corrected chi connectivity index (χ2v) is 2.55. The standard InChI is InChI=1S/C4H11NOS/c1-2-7-3-4(5)6/h4,6H,2-3,5H2,1H3. The van der Waals surface area contributed by atoms with Crippen molar-refractivity contribution in [2.45, 2.75) is 13.2 Å². The van der Waals surface area contributed by atoms with E-state index in [4.69, 9.17) is 10.8 Å². The molecule has 0 fully saturated rings. The number of rotatable bonds is 3. The van der Waals surface area contributed by atoms with Gasteiger partial charge >= 0.3 is 0 Å². The number of hydrogen-bond acceptors (Lipinski definition) is 3. The van der Waals surface area contributed by atoms with E-state index < -0.39 is 6.23 Å². The van der Waals surface area contributed by atoms with Gasteiger partial charge in [0, 0.05) is 5.75 Å². The van der Waals surface area contributed by atoms with Crippen molar-refractivity contribution in [3.63, 3.8) is 0 Å². The Morgan fingerprint density at radius 3 is 2.57 bits per heavy atom. The molecule has 0 aromatic heterocycles. The van der Waals surface area contributed by atoms with Crippen LogP contribution in [-0.4, -0.2) is 22.8 Å². The molecule has 0 radical (unpaired) electrons. The Kier molecular flexibility index (Phi) is 4.60. The molecule has 0 saturated heterocycles. The van der Waals surface area contributed by atoms with Crippen LogP contribution < -0.4 is 5.73 Å². The molecule has 0 aliphatic heterocycles. The highest BCUT2D eigenvalue weighted by Crippen LogP contribution is 1.96. The van der Waals surface area contributed by atoms with E-state index >= 15 is 0 Å². The van der Waals surface area contributed by atoms with Crippen LogP contribution in [0.25, 0.3) is 0 Å². The molecule has 0 heterocycles. The van der Waals surface area contributed by atoms with Gasteiger partial charge in [0.2, 0.25) is 0 Å². The van der Waals surface area contributed by atoms with Crippen LogP contribution in [0.2, 0.25) is 0 Å². The number of thioether (sulfide) groups is 1. The third-order valence-electron chi connectivity index (χ3n) is 0.493. The zero-order valence-electron chi connectivity index (χ0n) is 4.42.